The molecule has 0 aromatic heterocycles. The molecular formula is C16H22N2O. The summed E-state index contributed by atoms with van der Waals surface area (Å²) in [6, 6.07) is 8.34. The highest BCUT2D eigenvalue weighted by atomic mass is 16.2. The van der Waals surface area contributed by atoms with E-state index >= 15 is 0 Å². The molecule has 1 atom stereocenters. The molecule has 0 unspecified atom stereocenters. The van der Waals surface area contributed by atoms with Crippen molar-refractivity contribution in [3.8, 4) is 0 Å². The molecule has 102 valence electrons. The van der Waals surface area contributed by atoms with Crippen LogP contribution in [-0.2, 0) is 4.79 Å². The summed E-state index contributed by atoms with van der Waals surface area (Å²) in [5.41, 5.74) is 2.31. The van der Waals surface area contributed by atoms with Gasteiger partial charge in [-0.15, -0.1) is 0 Å². The van der Waals surface area contributed by atoms with Crippen LogP contribution in [0.15, 0.2) is 24.3 Å². The van der Waals surface area contributed by atoms with E-state index in [0.29, 0.717) is 0 Å². The van der Waals surface area contributed by atoms with E-state index in [1.54, 1.807) is 0 Å². The summed E-state index contributed by atoms with van der Waals surface area (Å²) in [6.45, 7) is 6.81. The summed E-state index contributed by atoms with van der Waals surface area (Å²) in [5, 5.41) is 0. The number of carbonyl (C=O) groups excluding carboxylic acids is 1. The summed E-state index contributed by atoms with van der Waals surface area (Å²) < 4.78 is 0. The van der Waals surface area contributed by atoms with Gasteiger partial charge in [-0.25, -0.2) is 0 Å². The van der Waals surface area contributed by atoms with Crippen molar-refractivity contribution in [2.75, 3.05) is 29.4 Å². The highest BCUT2D eigenvalue weighted by Gasteiger charge is 2.32. The van der Waals surface area contributed by atoms with Crippen molar-refractivity contribution in [1.29, 1.82) is 0 Å². The Morgan fingerprint density at radius 2 is 1.89 bits per heavy atom. The number of hydrogen-bond acceptors (Lipinski definition) is 2. The Labute approximate surface area is 115 Å². The van der Waals surface area contributed by atoms with Gasteiger partial charge in [0.05, 0.1) is 17.3 Å². The van der Waals surface area contributed by atoms with Crippen LogP contribution >= 0.6 is 0 Å². The molecule has 0 radical (unpaired) electrons. The van der Waals surface area contributed by atoms with Gasteiger partial charge in [0, 0.05) is 19.6 Å². The topological polar surface area (TPSA) is 23.6 Å². The smallest absolute Gasteiger partial charge is 0.231 e. The first kappa shape index (κ1) is 12.5. The zero-order valence-electron chi connectivity index (χ0n) is 11.8. The minimum Gasteiger partial charge on any atom is -0.369 e. The Kier molecular flexibility index (Phi) is 3.21. The van der Waals surface area contributed by atoms with Gasteiger partial charge in [0.1, 0.15) is 0 Å². The maximum absolute atomic E-state index is 12.5. The number of rotatable bonds is 3. The Morgan fingerprint density at radius 3 is 2.53 bits per heavy atom. The van der Waals surface area contributed by atoms with E-state index in [-0.39, 0.29) is 11.8 Å². The van der Waals surface area contributed by atoms with E-state index < -0.39 is 0 Å². The number of para-hydroxylation sites is 2. The third-order valence-electron chi connectivity index (χ3n) is 4.19. The molecule has 0 saturated heterocycles. The van der Waals surface area contributed by atoms with Crippen LogP contribution in [0.2, 0.25) is 0 Å². The first-order valence-corrected chi connectivity index (χ1v) is 7.36. The predicted octanol–water partition coefficient (Wildman–Crippen LogP) is 2.91. The molecule has 1 aliphatic heterocycles. The standard InChI is InChI=1S/C16H22N2O/c1-3-18-15-7-5-4-6-14(15)17(11-13-8-9-13)10-12(2)16(18)19/h4-7,12-13H,3,8-11H2,1-2H3/t12-/m0/s1. The number of benzene rings is 1. The molecule has 3 rings (SSSR count). The van der Waals surface area contributed by atoms with E-state index in [9.17, 15) is 4.79 Å². The molecule has 3 nitrogen and oxygen atoms in total. The number of amides is 1. The fourth-order valence-corrected chi connectivity index (χ4v) is 2.96. The molecule has 0 N–H and O–H groups in total. The van der Waals surface area contributed by atoms with Crippen molar-refractivity contribution in [3.05, 3.63) is 24.3 Å². The summed E-state index contributed by atoms with van der Waals surface area (Å²) in [4.78, 5) is 16.8. The quantitative estimate of drug-likeness (QED) is 0.832. The molecule has 2 aliphatic rings. The fraction of sp³-hybridized carbons (Fsp3) is 0.562. The average molecular weight is 258 g/mol. The molecule has 1 fully saturated rings. The number of nitrogens with zero attached hydrogens (tertiary/aromatic N) is 2. The maximum Gasteiger partial charge on any atom is 0.231 e. The van der Waals surface area contributed by atoms with Crippen LogP contribution in [-0.4, -0.2) is 25.5 Å². The lowest BCUT2D eigenvalue weighted by Gasteiger charge is -2.26. The van der Waals surface area contributed by atoms with Crippen molar-refractivity contribution in [2.24, 2.45) is 11.8 Å². The van der Waals surface area contributed by atoms with Crippen LogP contribution in [0, 0.1) is 11.8 Å². The second-order valence-electron chi connectivity index (χ2n) is 5.82. The van der Waals surface area contributed by atoms with Crippen LogP contribution in [0.4, 0.5) is 11.4 Å². The fourth-order valence-electron chi connectivity index (χ4n) is 2.96. The first-order chi connectivity index (χ1) is 9.20. The monoisotopic (exact) mass is 258 g/mol. The van der Waals surface area contributed by atoms with Crippen molar-refractivity contribution < 1.29 is 4.79 Å². The van der Waals surface area contributed by atoms with Gasteiger partial charge in [-0.3, -0.25) is 4.79 Å². The van der Waals surface area contributed by atoms with Crippen LogP contribution in [0.1, 0.15) is 26.7 Å². The molecule has 1 aromatic carbocycles. The van der Waals surface area contributed by atoms with E-state index in [1.165, 1.54) is 18.5 Å². The molecular weight excluding hydrogens is 236 g/mol. The highest BCUT2D eigenvalue weighted by molar-refractivity contribution is 5.99. The van der Waals surface area contributed by atoms with Gasteiger partial charge in [-0.1, -0.05) is 19.1 Å². The third-order valence-corrected chi connectivity index (χ3v) is 4.19. The summed E-state index contributed by atoms with van der Waals surface area (Å²) in [5.74, 6) is 1.17. The zero-order chi connectivity index (χ0) is 13.4. The highest BCUT2D eigenvalue weighted by Crippen LogP contribution is 2.37. The molecule has 1 saturated carbocycles. The Bertz CT molecular complexity index is 481. The van der Waals surface area contributed by atoms with Crippen LogP contribution < -0.4 is 9.80 Å². The van der Waals surface area contributed by atoms with Crippen molar-refractivity contribution in [2.45, 2.75) is 26.7 Å². The molecule has 0 spiro atoms. The second kappa shape index (κ2) is 4.87. The lowest BCUT2D eigenvalue weighted by molar-refractivity contribution is -0.121. The predicted molar refractivity (Wildman–Crippen MR) is 78.6 cm³/mol. The van der Waals surface area contributed by atoms with Crippen molar-refractivity contribution in [1.82, 2.24) is 0 Å². The second-order valence-corrected chi connectivity index (χ2v) is 5.82. The molecule has 3 heteroatoms. The lowest BCUT2D eigenvalue weighted by atomic mass is 10.1. The first-order valence-electron chi connectivity index (χ1n) is 7.36. The SMILES string of the molecule is CCN1C(=O)[C@@H](C)CN(CC2CC2)c2ccccc21. The van der Waals surface area contributed by atoms with Gasteiger partial charge in [0.2, 0.25) is 5.91 Å². The minimum atomic E-state index is 0.0751. The zero-order valence-corrected chi connectivity index (χ0v) is 11.8. The van der Waals surface area contributed by atoms with Gasteiger partial charge in [-0.2, -0.15) is 0 Å². The van der Waals surface area contributed by atoms with Crippen molar-refractivity contribution >= 4 is 17.3 Å². The lowest BCUT2D eigenvalue weighted by Crippen LogP contribution is -2.36. The normalized spacial score (nSPS) is 23.3. The summed E-state index contributed by atoms with van der Waals surface area (Å²) in [6.07, 6.45) is 2.69. The number of anilines is 2. The van der Waals surface area contributed by atoms with E-state index in [0.717, 1.165) is 31.2 Å². The average Bonchev–Trinajstić information content (AvgIpc) is 3.23. The van der Waals surface area contributed by atoms with Crippen LogP contribution in [0.25, 0.3) is 0 Å². The maximum atomic E-state index is 12.5. The minimum absolute atomic E-state index is 0.0751. The molecule has 1 aromatic rings. The van der Waals surface area contributed by atoms with E-state index in [1.807, 2.05) is 11.0 Å². The molecule has 19 heavy (non-hydrogen) atoms. The Hall–Kier alpha value is -1.51. The Morgan fingerprint density at radius 1 is 1.21 bits per heavy atom. The van der Waals surface area contributed by atoms with Gasteiger partial charge >= 0.3 is 0 Å². The van der Waals surface area contributed by atoms with Gasteiger partial charge in [0.25, 0.3) is 0 Å². The van der Waals surface area contributed by atoms with Crippen molar-refractivity contribution in [3.63, 3.8) is 0 Å². The van der Waals surface area contributed by atoms with Gasteiger partial charge in [0.15, 0.2) is 0 Å². The summed E-state index contributed by atoms with van der Waals surface area (Å²) >= 11 is 0. The molecule has 0 bridgehead atoms. The number of hydrogen-bond donors (Lipinski definition) is 0. The summed E-state index contributed by atoms with van der Waals surface area (Å²) in [7, 11) is 0. The van der Waals surface area contributed by atoms with Gasteiger partial charge < -0.3 is 9.80 Å². The van der Waals surface area contributed by atoms with Gasteiger partial charge in [-0.05, 0) is 37.8 Å². The largest absolute Gasteiger partial charge is 0.369 e. The number of fused-ring (bicyclic) bond motifs is 1. The molecule has 1 aliphatic carbocycles. The number of carbonyl (C=O) groups is 1. The third kappa shape index (κ3) is 2.34. The van der Waals surface area contributed by atoms with E-state index in [4.69, 9.17) is 0 Å². The Balaban J connectivity index is 2.00. The van der Waals surface area contributed by atoms with Crippen LogP contribution in [0.5, 0.6) is 0 Å². The van der Waals surface area contributed by atoms with Crippen LogP contribution in [0.3, 0.4) is 0 Å². The van der Waals surface area contributed by atoms with E-state index in [2.05, 4.69) is 36.9 Å². The molecule has 1 amide bonds. The molecule has 1 heterocycles.